The minimum absolute atomic E-state index is 0.172. The molecule has 2 atom stereocenters. The van der Waals surface area contributed by atoms with Crippen LogP contribution in [0, 0.1) is 5.92 Å². The highest BCUT2D eigenvalue weighted by molar-refractivity contribution is 6.31. The largest absolute Gasteiger partial charge is 0.331 e. The van der Waals surface area contributed by atoms with Crippen molar-refractivity contribution in [2.75, 3.05) is 0 Å². The van der Waals surface area contributed by atoms with Gasteiger partial charge in [0.15, 0.2) is 0 Å². The van der Waals surface area contributed by atoms with Crippen LogP contribution in [0.1, 0.15) is 43.7 Å². The van der Waals surface area contributed by atoms with Crippen molar-refractivity contribution in [1.29, 1.82) is 0 Å². The van der Waals surface area contributed by atoms with Gasteiger partial charge in [0, 0.05) is 29.1 Å². The number of hydrogen-bond acceptors (Lipinski definition) is 1. The van der Waals surface area contributed by atoms with Crippen molar-refractivity contribution in [1.82, 2.24) is 4.90 Å². The molecule has 0 spiro atoms. The zero-order valence-corrected chi connectivity index (χ0v) is 16.6. The summed E-state index contributed by atoms with van der Waals surface area (Å²) in [4.78, 5) is 15.4. The van der Waals surface area contributed by atoms with Crippen molar-refractivity contribution in [2.45, 2.75) is 51.6 Å². The van der Waals surface area contributed by atoms with E-state index < -0.39 is 0 Å². The van der Waals surface area contributed by atoms with Gasteiger partial charge in [-0.25, -0.2) is 0 Å². The number of halogens is 1. The molecule has 2 aliphatic rings. The van der Waals surface area contributed by atoms with E-state index in [0.29, 0.717) is 12.5 Å². The predicted molar refractivity (Wildman–Crippen MR) is 111 cm³/mol. The SMILES string of the molecule is CC1C(Cc2ccccc2)C2=C(CCCC2)C(=O)N1Cc1ccccc1Cl. The maximum Gasteiger partial charge on any atom is 0.250 e. The van der Waals surface area contributed by atoms with Crippen LogP contribution in [0.4, 0.5) is 0 Å². The molecule has 1 aliphatic carbocycles. The normalized spacial score (nSPS) is 22.7. The lowest BCUT2D eigenvalue weighted by molar-refractivity contribution is -0.132. The molecule has 0 aromatic heterocycles. The Kier molecular flexibility index (Phi) is 5.36. The van der Waals surface area contributed by atoms with Crippen LogP contribution in [-0.2, 0) is 17.8 Å². The van der Waals surface area contributed by atoms with Crippen LogP contribution in [0.15, 0.2) is 65.7 Å². The first-order valence-electron chi connectivity index (χ1n) is 9.95. The van der Waals surface area contributed by atoms with Crippen molar-refractivity contribution in [3.8, 4) is 0 Å². The number of carbonyl (C=O) groups excluding carboxylic acids is 1. The summed E-state index contributed by atoms with van der Waals surface area (Å²) in [7, 11) is 0. The second-order valence-corrected chi connectivity index (χ2v) is 8.18. The van der Waals surface area contributed by atoms with Crippen molar-refractivity contribution < 1.29 is 4.79 Å². The Hall–Kier alpha value is -2.06. The summed E-state index contributed by atoms with van der Waals surface area (Å²) in [6.45, 7) is 2.79. The molecular formula is C24H26ClNO. The molecule has 1 heterocycles. The smallest absolute Gasteiger partial charge is 0.250 e. The molecule has 2 aromatic rings. The first-order chi connectivity index (χ1) is 13.1. The molecule has 0 bridgehead atoms. The lowest BCUT2D eigenvalue weighted by Gasteiger charge is -2.43. The number of amides is 1. The summed E-state index contributed by atoms with van der Waals surface area (Å²) in [6, 6.07) is 18.7. The summed E-state index contributed by atoms with van der Waals surface area (Å²) in [6.07, 6.45) is 5.31. The Labute approximate surface area is 166 Å². The highest BCUT2D eigenvalue weighted by atomic mass is 35.5. The molecule has 2 nitrogen and oxygen atoms in total. The highest BCUT2D eigenvalue weighted by Crippen LogP contribution is 2.40. The zero-order chi connectivity index (χ0) is 18.8. The molecule has 4 rings (SSSR count). The third-order valence-corrected chi connectivity index (χ3v) is 6.52. The first kappa shape index (κ1) is 18.3. The van der Waals surface area contributed by atoms with Crippen molar-refractivity contribution in [3.63, 3.8) is 0 Å². The summed E-state index contributed by atoms with van der Waals surface area (Å²) in [5.74, 6) is 0.615. The van der Waals surface area contributed by atoms with E-state index in [0.717, 1.165) is 41.8 Å². The van der Waals surface area contributed by atoms with Gasteiger partial charge in [0.25, 0.3) is 0 Å². The number of hydrogen-bond donors (Lipinski definition) is 0. The quantitative estimate of drug-likeness (QED) is 0.657. The predicted octanol–water partition coefficient (Wildman–Crippen LogP) is 5.80. The summed E-state index contributed by atoms with van der Waals surface area (Å²) in [5, 5.41) is 0.737. The second kappa shape index (κ2) is 7.90. The highest BCUT2D eigenvalue weighted by Gasteiger charge is 2.39. The van der Waals surface area contributed by atoms with Gasteiger partial charge in [0.05, 0.1) is 0 Å². The Bertz CT molecular complexity index is 858. The van der Waals surface area contributed by atoms with Gasteiger partial charge in [-0.2, -0.15) is 0 Å². The molecule has 0 fully saturated rings. The monoisotopic (exact) mass is 379 g/mol. The molecule has 3 heteroatoms. The Morgan fingerprint density at radius 1 is 1.00 bits per heavy atom. The number of nitrogens with zero attached hydrogens (tertiary/aromatic N) is 1. The zero-order valence-electron chi connectivity index (χ0n) is 15.8. The van der Waals surface area contributed by atoms with Gasteiger partial charge in [-0.3, -0.25) is 4.79 Å². The number of carbonyl (C=O) groups is 1. The molecule has 1 aliphatic heterocycles. The van der Waals surface area contributed by atoms with E-state index in [1.165, 1.54) is 17.6 Å². The van der Waals surface area contributed by atoms with Crippen LogP contribution in [0.25, 0.3) is 0 Å². The summed E-state index contributed by atoms with van der Waals surface area (Å²) in [5.41, 5.74) is 4.86. The fourth-order valence-electron chi connectivity index (χ4n) is 4.64. The minimum atomic E-state index is 0.172. The van der Waals surface area contributed by atoms with Gasteiger partial charge < -0.3 is 4.90 Å². The average Bonchev–Trinajstić information content (AvgIpc) is 2.70. The second-order valence-electron chi connectivity index (χ2n) is 7.77. The van der Waals surface area contributed by atoms with Gasteiger partial charge in [-0.05, 0) is 56.2 Å². The molecule has 0 radical (unpaired) electrons. The van der Waals surface area contributed by atoms with Crippen molar-refractivity contribution >= 4 is 17.5 Å². The lowest BCUT2D eigenvalue weighted by Crippen LogP contribution is -2.49. The molecule has 140 valence electrons. The van der Waals surface area contributed by atoms with Crippen LogP contribution in [-0.4, -0.2) is 16.8 Å². The van der Waals surface area contributed by atoms with Gasteiger partial charge in [0.2, 0.25) is 5.91 Å². The van der Waals surface area contributed by atoms with E-state index in [-0.39, 0.29) is 11.9 Å². The number of benzene rings is 2. The van der Waals surface area contributed by atoms with Crippen molar-refractivity contribution in [2.24, 2.45) is 5.92 Å². The fourth-order valence-corrected chi connectivity index (χ4v) is 4.83. The number of rotatable bonds is 4. The Balaban J connectivity index is 1.68. The van der Waals surface area contributed by atoms with Crippen LogP contribution in [0.5, 0.6) is 0 Å². The summed E-state index contributed by atoms with van der Waals surface area (Å²) < 4.78 is 0. The van der Waals surface area contributed by atoms with E-state index in [9.17, 15) is 4.79 Å². The maximum atomic E-state index is 13.3. The molecule has 0 N–H and O–H groups in total. The average molecular weight is 380 g/mol. The van der Waals surface area contributed by atoms with Gasteiger partial charge in [0.1, 0.15) is 0 Å². The third kappa shape index (κ3) is 3.68. The topological polar surface area (TPSA) is 20.3 Å². The van der Waals surface area contributed by atoms with E-state index in [2.05, 4.69) is 42.2 Å². The molecular weight excluding hydrogens is 354 g/mol. The van der Waals surface area contributed by atoms with E-state index >= 15 is 0 Å². The molecule has 1 amide bonds. The summed E-state index contributed by atoms with van der Waals surface area (Å²) >= 11 is 6.39. The molecule has 0 saturated heterocycles. The standard InChI is InChI=1S/C24H26ClNO/c1-17-22(15-18-9-3-2-4-10-18)20-12-6-7-13-21(20)24(27)26(17)16-19-11-5-8-14-23(19)25/h2-5,8-11,14,17,22H,6-7,12-13,15-16H2,1H3. The van der Waals surface area contributed by atoms with Gasteiger partial charge >= 0.3 is 0 Å². The van der Waals surface area contributed by atoms with E-state index in [4.69, 9.17) is 11.6 Å². The van der Waals surface area contributed by atoms with Crippen LogP contribution < -0.4 is 0 Å². The Morgan fingerprint density at radius 3 is 2.48 bits per heavy atom. The van der Waals surface area contributed by atoms with E-state index in [1.54, 1.807) is 0 Å². The molecule has 0 saturated carbocycles. The lowest BCUT2D eigenvalue weighted by atomic mass is 9.74. The first-order valence-corrected chi connectivity index (χ1v) is 10.3. The van der Waals surface area contributed by atoms with Gasteiger partial charge in [-0.15, -0.1) is 0 Å². The Morgan fingerprint density at radius 2 is 1.70 bits per heavy atom. The minimum Gasteiger partial charge on any atom is -0.331 e. The van der Waals surface area contributed by atoms with Crippen LogP contribution in [0.3, 0.4) is 0 Å². The third-order valence-electron chi connectivity index (χ3n) is 6.15. The molecule has 27 heavy (non-hydrogen) atoms. The van der Waals surface area contributed by atoms with Crippen molar-refractivity contribution in [3.05, 3.63) is 81.9 Å². The molecule has 2 unspecified atom stereocenters. The molecule has 2 aromatic carbocycles. The van der Waals surface area contributed by atoms with Crippen LogP contribution in [0.2, 0.25) is 5.02 Å². The van der Waals surface area contributed by atoms with Gasteiger partial charge in [-0.1, -0.05) is 65.7 Å². The van der Waals surface area contributed by atoms with E-state index in [1.807, 2.05) is 24.3 Å². The van der Waals surface area contributed by atoms with Crippen LogP contribution >= 0.6 is 11.6 Å². The maximum absolute atomic E-state index is 13.3. The fraction of sp³-hybridized carbons (Fsp3) is 0.375.